The van der Waals surface area contributed by atoms with E-state index in [0.29, 0.717) is 19.6 Å². The van der Waals surface area contributed by atoms with Crippen LogP contribution in [0.2, 0.25) is 0 Å². The van der Waals surface area contributed by atoms with Crippen LogP contribution in [0, 0.1) is 11.7 Å². The van der Waals surface area contributed by atoms with Gasteiger partial charge in [0.15, 0.2) is 0 Å². The van der Waals surface area contributed by atoms with Crippen LogP contribution in [0.15, 0.2) is 29.6 Å². The number of piperidine rings is 1. The van der Waals surface area contributed by atoms with E-state index < -0.39 is 5.82 Å². The van der Waals surface area contributed by atoms with Gasteiger partial charge in [0, 0.05) is 30.3 Å². The first kappa shape index (κ1) is 19.1. The molecule has 0 radical (unpaired) electrons. The lowest BCUT2D eigenvalue weighted by atomic mass is 9.85. The highest BCUT2D eigenvalue weighted by molar-refractivity contribution is 7.09. The zero-order valence-corrected chi connectivity index (χ0v) is 16.5. The van der Waals surface area contributed by atoms with Crippen LogP contribution in [0.1, 0.15) is 59.1 Å². The van der Waals surface area contributed by atoms with Crippen molar-refractivity contribution < 1.29 is 14.0 Å². The number of benzene rings is 1. The summed E-state index contributed by atoms with van der Waals surface area (Å²) in [6, 6.07) is 6.13. The van der Waals surface area contributed by atoms with E-state index in [1.54, 1.807) is 28.4 Å². The summed E-state index contributed by atoms with van der Waals surface area (Å²) in [4.78, 5) is 31.1. The number of thiazole rings is 1. The first-order valence-electron chi connectivity index (χ1n) is 9.87. The highest BCUT2D eigenvalue weighted by atomic mass is 32.1. The molecule has 1 saturated carbocycles. The van der Waals surface area contributed by atoms with Crippen molar-refractivity contribution in [3.63, 3.8) is 0 Å². The molecule has 1 saturated heterocycles. The topological polar surface area (TPSA) is 62.3 Å². The van der Waals surface area contributed by atoms with Crippen LogP contribution in [0.4, 0.5) is 4.39 Å². The van der Waals surface area contributed by atoms with E-state index in [2.05, 4.69) is 10.3 Å². The molecule has 2 aromatic rings. The molecule has 7 heteroatoms. The van der Waals surface area contributed by atoms with Gasteiger partial charge >= 0.3 is 0 Å². The Balaban J connectivity index is 1.37. The summed E-state index contributed by atoms with van der Waals surface area (Å²) in [6.45, 7) is 1.64. The van der Waals surface area contributed by atoms with Gasteiger partial charge in [0.05, 0.1) is 22.8 Å². The molecule has 1 aromatic carbocycles. The van der Waals surface area contributed by atoms with Crippen molar-refractivity contribution in [2.45, 2.75) is 44.6 Å². The molecular weight excluding hydrogens is 377 g/mol. The SMILES string of the molecule is O=C(NCc1csc([C@@H]2CCCN(C(=O)c3ccccc3F)C2)n1)C1CCC1. The highest BCUT2D eigenvalue weighted by Gasteiger charge is 2.29. The number of rotatable bonds is 5. The number of halogens is 1. The number of hydrogen-bond acceptors (Lipinski definition) is 4. The summed E-state index contributed by atoms with van der Waals surface area (Å²) in [6.07, 6.45) is 4.95. The van der Waals surface area contributed by atoms with Crippen LogP contribution < -0.4 is 5.32 Å². The monoisotopic (exact) mass is 401 g/mol. The molecule has 0 spiro atoms. The maximum Gasteiger partial charge on any atom is 0.256 e. The van der Waals surface area contributed by atoms with Gasteiger partial charge in [-0.2, -0.15) is 0 Å². The minimum absolute atomic E-state index is 0.125. The van der Waals surface area contributed by atoms with Crippen LogP contribution in [-0.2, 0) is 11.3 Å². The second kappa shape index (κ2) is 8.39. The molecule has 5 nitrogen and oxygen atoms in total. The summed E-state index contributed by atoms with van der Waals surface area (Å²) in [5.74, 6) is -0.277. The maximum atomic E-state index is 14.0. The van der Waals surface area contributed by atoms with Crippen molar-refractivity contribution in [3.05, 3.63) is 51.7 Å². The highest BCUT2D eigenvalue weighted by Crippen LogP contribution is 2.30. The minimum atomic E-state index is -0.478. The molecule has 1 atom stereocenters. The predicted octanol–water partition coefficient (Wildman–Crippen LogP) is 3.72. The average molecular weight is 402 g/mol. The normalized spacial score (nSPS) is 19.9. The number of hydrogen-bond donors (Lipinski definition) is 1. The Morgan fingerprint density at radius 2 is 2.04 bits per heavy atom. The van der Waals surface area contributed by atoms with Gasteiger partial charge in [-0.3, -0.25) is 9.59 Å². The fraction of sp³-hybridized carbons (Fsp3) is 0.476. The number of carbonyl (C=O) groups is 2. The van der Waals surface area contributed by atoms with Crippen molar-refractivity contribution in [1.29, 1.82) is 0 Å². The van der Waals surface area contributed by atoms with Crippen LogP contribution in [-0.4, -0.2) is 34.8 Å². The average Bonchev–Trinajstić information content (AvgIpc) is 3.14. The lowest BCUT2D eigenvalue weighted by Gasteiger charge is -2.32. The van der Waals surface area contributed by atoms with Gasteiger partial charge in [-0.25, -0.2) is 9.37 Å². The van der Waals surface area contributed by atoms with Crippen molar-refractivity contribution in [2.24, 2.45) is 5.92 Å². The fourth-order valence-corrected chi connectivity index (χ4v) is 4.70. The summed E-state index contributed by atoms with van der Waals surface area (Å²) in [5.41, 5.74) is 0.993. The molecule has 1 N–H and O–H groups in total. The second-order valence-electron chi connectivity index (χ2n) is 7.59. The number of nitrogens with zero attached hydrogens (tertiary/aromatic N) is 2. The second-order valence-corrected chi connectivity index (χ2v) is 8.48. The Labute approximate surface area is 168 Å². The van der Waals surface area contributed by atoms with Crippen LogP contribution in [0.3, 0.4) is 0 Å². The Morgan fingerprint density at radius 1 is 1.21 bits per heavy atom. The molecular formula is C21H24FN3O2S. The van der Waals surface area contributed by atoms with Gasteiger partial charge in [-0.15, -0.1) is 11.3 Å². The molecule has 2 fully saturated rings. The van der Waals surface area contributed by atoms with Crippen LogP contribution in [0.25, 0.3) is 0 Å². The first-order chi connectivity index (χ1) is 13.6. The van der Waals surface area contributed by atoms with E-state index in [1.165, 1.54) is 12.1 Å². The number of aromatic nitrogens is 1. The summed E-state index contributed by atoms with van der Waals surface area (Å²) in [5, 5.41) is 5.94. The predicted molar refractivity (Wildman–Crippen MR) is 106 cm³/mol. The van der Waals surface area contributed by atoms with Gasteiger partial charge < -0.3 is 10.2 Å². The van der Waals surface area contributed by atoms with E-state index in [4.69, 9.17) is 0 Å². The zero-order valence-electron chi connectivity index (χ0n) is 15.7. The standard InChI is InChI=1S/C21H24FN3O2S/c22-18-9-2-1-8-17(18)21(27)25-10-4-7-15(12-25)20-24-16(13-28-20)11-23-19(26)14-5-3-6-14/h1-2,8-9,13-15H,3-7,10-12H2,(H,23,26)/t15-/m1/s1. The molecule has 2 heterocycles. The molecule has 2 amide bonds. The van der Waals surface area contributed by atoms with E-state index in [9.17, 15) is 14.0 Å². The third-order valence-corrected chi connectivity index (χ3v) is 6.71. The van der Waals surface area contributed by atoms with Gasteiger partial charge in [0.25, 0.3) is 5.91 Å². The quantitative estimate of drug-likeness (QED) is 0.831. The molecule has 0 unspecified atom stereocenters. The smallest absolute Gasteiger partial charge is 0.256 e. The Morgan fingerprint density at radius 3 is 2.79 bits per heavy atom. The van der Waals surface area contributed by atoms with E-state index in [0.717, 1.165) is 42.8 Å². The third kappa shape index (κ3) is 4.09. The number of carbonyl (C=O) groups excluding carboxylic acids is 2. The van der Waals surface area contributed by atoms with E-state index >= 15 is 0 Å². The number of nitrogens with one attached hydrogen (secondary N) is 1. The molecule has 148 valence electrons. The van der Waals surface area contributed by atoms with Gasteiger partial charge in [-0.1, -0.05) is 18.6 Å². The Kier molecular flexibility index (Phi) is 5.71. The lowest BCUT2D eigenvalue weighted by Crippen LogP contribution is -2.39. The summed E-state index contributed by atoms with van der Waals surface area (Å²) >= 11 is 1.57. The van der Waals surface area contributed by atoms with Crippen molar-refractivity contribution in [1.82, 2.24) is 15.2 Å². The summed E-state index contributed by atoms with van der Waals surface area (Å²) in [7, 11) is 0. The van der Waals surface area contributed by atoms with Gasteiger partial charge in [-0.05, 0) is 37.8 Å². The molecule has 1 aliphatic heterocycles. The van der Waals surface area contributed by atoms with Crippen LogP contribution in [0.5, 0.6) is 0 Å². The fourth-order valence-electron chi connectivity index (χ4n) is 3.75. The molecule has 2 aliphatic rings. The molecule has 1 aliphatic carbocycles. The van der Waals surface area contributed by atoms with Crippen LogP contribution >= 0.6 is 11.3 Å². The van der Waals surface area contributed by atoms with Crippen molar-refractivity contribution in [2.75, 3.05) is 13.1 Å². The minimum Gasteiger partial charge on any atom is -0.350 e. The van der Waals surface area contributed by atoms with E-state index in [-0.39, 0.29) is 29.2 Å². The number of likely N-dealkylation sites (tertiary alicyclic amines) is 1. The molecule has 28 heavy (non-hydrogen) atoms. The molecule has 4 rings (SSSR count). The van der Waals surface area contributed by atoms with Crippen molar-refractivity contribution >= 4 is 23.2 Å². The maximum absolute atomic E-state index is 14.0. The van der Waals surface area contributed by atoms with Gasteiger partial charge in [0.2, 0.25) is 5.91 Å². The van der Waals surface area contributed by atoms with E-state index in [1.807, 2.05) is 5.38 Å². The third-order valence-electron chi connectivity index (χ3n) is 5.65. The number of amides is 2. The first-order valence-corrected chi connectivity index (χ1v) is 10.8. The largest absolute Gasteiger partial charge is 0.350 e. The Bertz CT molecular complexity index is 865. The van der Waals surface area contributed by atoms with Crippen molar-refractivity contribution in [3.8, 4) is 0 Å². The zero-order chi connectivity index (χ0) is 19.5. The summed E-state index contributed by atoms with van der Waals surface area (Å²) < 4.78 is 14.0. The lowest BCUT2D eigenvalue weighted by molar-refractivity contribution is -0.127. The Hall–Kier alpha value is -2.28. The molecule has 1 aromatic heterocycles. The molecule has 0 bridgehead atoms. The van der Waals surface area contributed by atoms with Gasteiger partial charge in [0.1, 0.15) is 5.82 Å².